The fraction of sp³-hybridized carbons (Fsp3) is 0.389. The fourth-order valence-corrected chi connectivity index (χ4v) is 2.34. The Balaban J connectivity index is 2.39. The number of benzene rings is 1. The zero-order valence-corrected chi connectivity index (χ0v) is 14.7. The van der Waals surface area contributed by atoms with Gasteiger partial charge < -0.3 is 19.1 Å². The number of ether oxygens (including phenoxy) is 3. The first-order valence-electron chi connectivity index (χ1n) is 7.72. The van der Waals surface area contributed by atoms with Crippen molar-refractivity contribution in [2.75, 3.05) is 18.6 Å². The average molecular weight is 347 g/mol. The predicted octanol–water partition coefficient (Wildman–Crippen LogP) is 2.09. The molecular weight excluding hydrogens is 326 g/mol. The summed E-state index contributed by atoms with van der Waals surface area (Å²) in [5.41, 5.74) is -0.00329. The minimum atomic E-state index is -1.01. The van der Waals surface area contributed by atoms with E-state index in [2.05, 4.69) is 11.3 Å². The van der Waals surface area contributed by atoms with Crippen LogP contribution in [0, 0.1) is 0 Å². The number of hydrogen-bond donors (Lipinski definition) is 0. The van der Waals surface area contributed by atoms with Crippen molar-refractivity contribution in [1.29, 1.82) is 0 Å². The average Bonchev–Trinajstić information content (AvgIpc) is 2.57. The summed E-state index contributed by atoms with van der Waals surface area (Å²) in [6.45, 7) is 8.68. The van der Waals surface area contributed by atoms with E-state index in [9.17, 15) is 14.4 Å². The lowest BCUT2D eigenvalue weighted by molar-refractivity contribution is -0.163. The number of fused-ring (bicyclic) bond motifs is 1. The highest BCUT2D eigenvalue weighted by atomic mass is 16.6. The molecule has 1 aromatic carbocycles. The van der Waals surface area contributed by atoms with Gasteiger partial charge in [0.1, 0.15) is 11.4 Å². The molecule has 0 N–H and O–H groups in total. The molecule has 0 saturated carbocycles. The van der Waals surface area contributed by atoms with Crippen molar-refractivity contribution >= 4 is 23.5 Å². The summed E-state index contributed by atoms with van der Waals surface area (Å²) in [5.74, 6) is -1.31. The number of methoxy groups -OCH3 is 1. The minimum Gasteiger partial charge on any atom is -0.475 e. The Morgan fingerprint density at radius 3 is 2.56 bits per heavy atom. The van der Waals surface area contributed by atoms with Crippen LogP contribution in [0.4, 0.5) is 5.69 Å². The molecule has 0 fully saturated rings. The molecule has 1 atom stereocenters. The summed E-state index contributed by atoms with van der Waals surface area (Å²) >= 11 is 0. The van der Waals surface area contributed by atoms with Gasteiger partial charge in [-0.05, 0) is 45.0 Å². The highest BCUT2D eigenvalue weighted by Gasteiger charge is 2.36. The second kappa shape index (κ2) is 6.96. The maximum Gasteiger partial charge on any atom is 0.349 e. The van der Waals surface area contributed by atoms with E-state index in [1.165, 1.54) is 24.1 Å². The van der Waals surface area contributed by atoms with E-state index in [4.69, 9.17) is 9.47 Å². The molecule has 1 aromatic rings. The van der Waals surface area contributed by atoms with Gasteiger partial charge in [-0.15, -0.1) is 0 Å². The molecule has 7 nitrogen and oxygen atoms in total. The van der Waals surface area contributed by atoms with Crippen molar-refractivity contribution in [3.8, 4) is 5.75 Å². The summed E-state index contributed by atoms with van der Waals surface area (Å²) < 4.78 is 15.7. The van der Waals surface area contributed by atoms with Gasteiger partial charge in [0.15, 0.2) is 0 Å². The third-order valence-electron chi connectivity index (χ3n) is 3.40. The van der Waals surface area contributed by atoms with Crippen LogP contribution in [0.5, 0.6) is 5.75 Å². The maximum atomic E-state index is 12.4. The molecule has 0 saturated heterocycles. The topological polar surface area (TPSA) is 82.1 Å². The van der Waals surface area contributed by atoms with Crippen molar-refractivity contribution in [2.45, 2.75) is 32.5 Å². The fourth-order valence-electron chi connectivity index (χ4n) is 2.34. The summed E-state index contributed by atoms with van der Waals surface area (Å²) in [6.07, 6.45) is 0.138. The zero-order valence-electron chi connectivity index (χ0n) is 14.7. The van der Waals surface area contributed by atoms with Gasteiger partial charge in [-0.3, -0.25) is 4.79 Å². The maximum absolute atomic E-state index is 12.4. The SMILES string of the molecule is C=CC(=O)N1CC(C(=O)OC(C)(C)C)Oc2cc(C(=O)OC)ccc21. The molecule has 0 aromatic heterocycles. The van der Waals surface area contributed by atoms with Crippen LogP contribution in [0.25, 0.3) is 0 Å². The van der Waals surface area contributed by atoms with Gasteiger partial charge in [0.25, 0.3) is 5.91 Å². The molecule has 1 aliphatic heterocycles. The number of nitrogens with zero attached hydrogens (tertiary/aromatic N) is 1. The first kappa shape index (κ1) is 18.5. The Kier molecular flexibility index (Phi) is 5.15. The summed E-state index contributed by atoms with van der Waals surface area (Å²) in [4.78, 5) is 37.6. The second-order valence-electron chi connectivity index (χ2n) is 6.47. The smallest absolute Gasteiger partial charge is 0.349 e. The van der Waals surface area contributed by atoms with Crippen LogP contribution in [0.1, 0.15) is 31.1 Å². The molecule has 2 rings (SSSR count). The van der Waals surface area contributed by atoms with Crippen molar-refractivity contribution in [3.63, 3.8) is 0 Å². The van der Waals surface area contributed by atoms with Gasteiger partial charge in [-0.25, -0.2) is 9.59 Å². The quantitative estimate of drug-likeness (QED) is 0.615. The molecule has 0 aliphatic carbocycles. The molecule has 1 aliphatic rings. The van der Waals surface area contributed by atoms with Crippen molar-refractivity contribution in [2.24, 2.45) is 0 Å². The zero-order chi connectivity index (χ0) is 18.8. The minimum absolute atomic E-state index is 0.00959. The summed E-state index contributed by atoms with van der Waals surface area (Å²) in [7, 11) is 1.26. The van der Waals surface area contributed by atoms with E-state index in [1.807, 2.05) is 0 Å². The molecule has 0 spiro atoms. The van der Waals surface area contributed by atoms with E-state index >= 15 is 0 Å². The number of amides is 1. The standard InChI is InChI=1S/C18H21NO6/c1-6-15(20)19-10-14(17(22)25-18(2,3)4)24-13-9-11(16(21)23-5)7-8-12(13)19/h6-9,14H,1,10H2,2-5H3. The van der Waals surface area contributed by atoms with Crippen LogP contribution in [0.15, 0.2) is 30.9 Å². The van der Waals surface area contributed by atoms with Crippen LogP contribution in [-0.2, 0) is 19.1 Å². The Morgan fingerprint density at radius 2 is 2.00 bits per heavy atom. The lowest BCUT2D eigenvalue weighted by atomic mass is 10.1. The van der Waals surface area contributed by atoms with Gasteiger partial charge >= 0.3 is 11.9 Å². The molecule has 0 radical (unpaired) electrons. The van der Waals surface area contributed by atoms with Crippen LogP contribution in [0.3, 0.4) is 0 Å². The van der Waals surface area contributed by atoms with Crippen molar-refractivity contribution < 1.29 is 28.6 Å². The third-order valence-corrected chi connectivity index (χ3v) is 3.40. The molecule has 0 bridgehead atoms. The molecule has 25 heavy (non-hydrogen) atoms. The van der Waals surface area contributed by atoms with Gasteiger partial charge in [0, 0.05) is 0 Å². The van der Waals surface area contributed by atoms with Gasteiger partial charge in [-0.2, -0.15) is 0 Å². The molecular formula is C18H21NO6. The van der Waals surface area contributed by atoms with E-state index < -0.39 is 23.6 Å². The first-order chi connectivity index (χ1) is 11.7. The molecule has 1 amide bonds. The highest BCUT2D eigenvalue weighted by molar-refractivity contribution is 6.04. The van der Waals surface area contributed by atoms with Crippen LogP contribution in [-0.4, -0.2) is 43.2 Å². The molecule has 1 heterocycles. The Labute approximate surface area is 146 Å². The second-order valence-corrected chi connectivity index (χ2v) is 6.47. The predicted molar refractivity (Wildman–Crippen MR) is 90.6 cm³/mol. The summed E-state index contributed by atoms with van der Waals surface area (Å²) in [6, 6.07) is 4.51. The number of hydrogen-bond acceptors (Lipinski definition) is 6. The van der Waals surface area contributed by atoms with Crippen molar-refractivity contribution in [1.82, 2.24) is 0 Å². The molecule has 1 unspecified atom stereocenters. The number of carbonyl (C=O) groups is 3. The lowest BCUT2D eigenvalue weighted by Gasteiger charge is -2.34. The van der Waals surface area contributed by atoms with Crippen LogP contribution >= 0.6 is 0 Å². The Bertz CT molecular complexity index is 719. The summed E-state index contributed by atoms with van der Waals surface area (Å²) in [5, 5.41) is 0. The van der Waals surface area contributed by atoms with Gasteiger partial charge in [-0.1, -0.05) is 6.58 Å². The number of esters is 2. The lowest BCUT2D eigenvalue weighted by Crippen LogP contribution is -2.48. The largest absolute Gasteiger partial charge is 0.475 e. The monoisotopic (exact) mass is 347 g/mol. The number of anilines is 1. The van der Waals surface area contributed by atoms with E-state index in [0.717, 1.165) is 6.08 Å². The normalized spacial score (nSPS) is 16.3. The Hall–Kier alpha value is -2.83. The van der Waals surface area contributed by atoms with Crippen LogP contribution in [0.2, 0.25) is 0 Å². The Morgan fingerprint density at radius 1 is 1.32 bits per heavy atom. The van der Waals surface area contributed by atoms with E-state index in [-0.39, 0.29) is 23.8 Å². The van der Waals surface area contributed by atoms with E-state index in [1.54, 1.807) is 26.8 Å². The highest BCUT2D eigenvalue weighted by Crippen LogP contribution is 2.35. The number of rotatable bonds is 3. The van der Waals surface area contributed by atoms with Crippen LogP contribution < -0.4 is 9.64 Å². The number of carbonyl (C=O) groups excluding carboxylic acids is 3. The van der Waals surface area contributed by atoms with Crippen molar-refractivity contribution in [3.05, 3.63) is 36.4 Å². The first-order valence-corrected chi connectivity index (χ1v) is 7.72. The van der Waals surface area contributed by atoms with E-state index in [0.29, 0.717) is 5.69 Å². The van der Waals surface area contributed by atoms with Gasteiger partial charge in [0.05, 0.1) is 24.9 Å². The van der Waals surface area contributed by atoms with Gasteiger partial charge in [0.2, 0.25) is 6.10 Å². The molecule has 7 heteroatoms. The molecule has 134 valence electrons. The third kappa shape index (κ3) is 4.17.